The van der Waals surface area contributed by atoms with E-state index in [1.54, 1.807) is 16.6 Å². The molecule has 0 spiro atoms. The molecule has 0 saturated carbocycles. The van der Waals surface area contributed by atoms with E-state index in [1.165, 1.54) is 0 Å². The van der Waals surface area contributed by atoms with Crippen molar-refractivity contribution in [2.24, 2.45) is 7.05 Å². The van der Waals surface area contributed by atoms with Crippen molar-refractivity contribution >= 4 is 21.8 Å². The fourth-order valence-electron chi connectivity index (χ4n) is 1.78. The number of hydrogen-bond acceptors (Lipinski definition) is 3. The number of aryl methyl sites for hydroxylation is 2. The first-order valence-corrected chi connectivity index (χ1v) is 5.96. The largest absolute Gasteiger partial charge is 0.378 e. The summed E-state index contributed by atoms with van der Waals surface area (Å²) in [6.07, 6.45) is 0. The number of nitrogens with zero attached hydrogens (tertiary/aromatic N) is 3. The molecule has 0 atom stereocenters. The summed E-state index contributed by atoms with van der Waals surface area (Å²) in [5, 5.41) is 4.22. The summed E-state index contributed by atoms with van der Waals surface area (Å²) in [7, 11) is 1.78. The number of halogens is 1. The molecule has 1 aliphatic rings. The Kier molecular flexibility index (Phi) is 3.30. The highest BCUT2D eigenvalue weighted by Crippen LogP contribution is 2.21. The average Bonchev–Trinajstić information content (AvgIpc) is 2.54. The van der Waals surface area contributed by atoms with Crippen molar-refractivity contribution in [1.82, 2.24) is 14.7 Å². The zero-order valence-corrected chi connectivity index (χ0v) is 11.0. The Labute approximate surface area is 102 Å². The van der Waals surface area contributed by atoms with Gasteiger partial charge in [-0.25, -0.2) is 0 Å². The number of aromatic nitrogens is 2. The van der Waals surface area contributed by atoms with Crippen LogP contribution < -0.4 is 0 Å². The highest BCUT2D eigenvalue weighted by Gasteiger charge is 2.24. The van der Waals surface area contributed by atoms with E-state index in [-0.39, 0.29) is 5.91 Å². The van der Waals surface area contributed by atoms with Gasteiger partial charge in [0.1, 0.15) is 5.69 Å². The molecule has 0 bridgehead atoms. The monoisotopic (exact) mass is 287 g/mol. The third kappa shape index (κ3) is 1.99. The molecule has 5 nitrogen and oxygen atoms in total. The molecule has 0 aliphatic carbocycles. The van der Waals surface area contributed by atoms with Crippen molar-refractivity contribution in [3.05, 3.63) is 15.9 Å². The van der Waals surface area contributed by atoms with Crippen molar-refractivity contribution in [2.75, 3.05) is 26.3 Å². The molecule has 2 rings (SSSR count). The lowest BCUT2D eigenvalue weighted by atomic mass is 10.3. The van der Waals surface area contributed by atoms with E-state index >= 15 is 0 Å². The maximum atomic E-state index is 12.2. The maximum absolute atomic E-state index is 12.2. The predicted octanol–water partition coefficient (Wildman–Crippen LogP) is 0.963. The van der Waals surface area contributed by atoms with Crippen molar-refractivity contribution in [1.29, 1.82) is 0 Å². The van der Waals surface area contributed by atoms with Crippen LogP contribution in [0, 0.1) is 6.92 Å². The topological polar surface area (TPSA) is 47.4 Å². The number of rotatable bonds is 1. The molecule has 0 unspecified atom stereocenters. The van der Waals surface area contributed by atoms with Gasteiger partial charge < -0.3 is 9.64 Å². The van der Waals surface area contributed by atoms with Gasteiger partial charge in [-0.1, -0.05) is 0 Å². The summed E-state index contributed by atoms with van der Waals surface area (Å²) >= 11 is 3.41. The van der Waals surface area contributed by atoms with Crippen LogP contribution in [0.1, 0.15) is 16.2 Å². The number of amides is 1. The van der Waals surface area contributed by atoms with Crippen LogP contribution in [0.15, 0.2) is 4.47 Å². The van der Waals surface area contributed by atoms with Gasteiger partial charge >= 0.3 is 0 Å². The molecule has 88 valence electrons. The number of morpholine rings is 1. The van der Waals surface area contributed by atoms with Gasteiger partial charge in [-0.15, -0.1) is 0 Å². The van der Waals surface area contributed by atoms with Gasteiger partial charge in [0.25, 0.3) is 5.91 Å². The van der Waals surface area contributed by atoms with E-state index in [0.29, 0.717) is 32.0 Å². The van der Waals surface area contributed by atoms with Gasteiger partial charge in [0, 0.05) is 20.1 Å². The van der Waals surface area contributed by atoms with Gasteiger partial charge in [0.05, 0.1) is 23.4 Å². The van der Waals surface area contributed by atoms with Gasteiger partial charge in [-0.05, 0) is 22.9 Å². The molecule has 1 amide bonds. The molecule has 1 aromatic rings. The second kappa shape index (κ2) is 4.55. The normalized spacial score (nSPS) is 16.6. The second-order valence-electron chi connectivity index (χ2n) is 3.78. The standard InChI is InChI=1S/C10H14BrN3O2/c1-7-8(11)9(13(2)12-7)10(15)14-3-5-16-6-4-14/h3-6H2,1-2H3. The van der Waals surface area contributed by atoms with Gasteiger partial charge in [0.2, 0.25) is 0 Å². The van der Waals surface area contributed by atoms with Crippen LogP contribution in [0.3, 0.4) is 0 Å². The molecule has 16 heavy (non-hydrogen) atoms. The smallest absolute Gasteiger partial charge is 0.273 e. The summed E-state index contributed by atoms with van der Waals surface area (Å²) in [5.41, 5.74) is 1.44. The minimum Gasteiger partial charge on any atom is -0.378 e. The van der Waals surface area contributed by atoms with E-state index in [1.807, 2.05) is 6.92 Å². The highest BCUT2D eigenvalue weighted by molar-refractivity contribution is 9.10. The van der Waals surface area contributed by atoms with E-state index in [4.69, 9.17) is 4.74 Å². The zero-order chi connectivity index (χ0) is 11.7. The van der Waals surface area contributed by atoms with Crippen LogP contribution in [-0.2, 0) is 11.8 Å². The second-order valence-corrected chi connectivity index (χ2v) is 4.57. The molecule has 0 N–H and O–H groups in total. The third-order valence-corrected chi connectivity index (χ3v) is 3.60. The quantitative estimate of drug-likeness (QED) is 0.773. The minimum atomic E-state index is 0.0123. The Balaban J connectivity index is 2.25. The Morgan fingerprint density at radius 3 is 2.56 bits per heavy atom. The summed E-state index contributed by atoms with van der Waals surface area (Å²) in [6.45, 7) is 4.39. The first-order valence-electron chi connectivity index (χ1n) is 5.17. The lowest BCUT2D eigenvalue weighted by Gasteiger charge is -2.26. The fraction of sp³-hybridized carbons (Fsp3) is 0.600. The van der Waals surface area contributed by atoms with Gasteiger partial charge in [-0.2, -0.15) is 5.10 Å². The molecule has 1 aromatic heterocycles. The van der Waals surface area contributed by atoms with Crippen LogP contribution in [-0.4, -0.2) is 46.9 Å². The van der Waals surface area contributed by atoms with Crippen LogP contribution >= 0.6 is 15.9 Å². The number of carbonyl (C=O) groups is 1. The van der Waals surface area contributed by atoms with Crippen LogP contribution in [0.4, 0.5) is 0 Å². The Morgan fingerprint density at radius 2 is 2.06 bits per heavy atom. The zero-order valence-electron chi connectivity index (χ0n) is 9.36. The molecule has 0 radical (unpaired) electrons. The summed E-state index contributed by atoms with van der Waals surface area (Å²) in [5.74, 6) is 0.0123. The van der Waals surface area contributed by atoms with Crippen molar-refractivity contribution in [3.8, 4) is 0 Å². The van der Waals surface area contributed by atoms with E-state index in [9.17, 15) is 4.79 Å². The maximum Gasteiger partial charge on any atom is 0.273 e. The molecule has 6 heteroatoms. The molecule has 1 fully saturated rings. The first-order chi connectivity index (χ1) is 7.61. The molecular formula is C10H14BrN3O2. The number of carbonyl (C=O) groups excluding carboxylic acids is 1. The van der Waals surface area contributed by atoms with Crippen LogP contribution in [0.5, 0.6) is 0 Å². The summed E-state index contributed by atoms with van der Waals surface area (Å²) in [4.78, 5) is 14.0. The van der Waals surface area contributed by atoms with Crippen molar-refractivity contribution < 1.29 is 9.53 Å². The SMILES string of the molecule is Cc1nn(C)c(C(=O)N2CCOCC2)c1Br. The molecule has 0 aromatic carbocycles. The predicted molar refractivity (Wildman–Crippen MR) is 62.4 cm³/mol. The minimum absolute atomic E-state index is 0.0123. The van der Waals surface area contributed by atoms with E-state index < -0.39 is 0 Å². The number of hydrogen-bond donors (Lipinski definition) is 0. The Hall–Kier alpha value is -0.880. The Morgan fingerprint density at radius 1 is 1.44 bits per heavy atom. The highest BCUT2D eigenvalue weighted by atomic mass is 79.9. The third-order valence-electron chi connectivity index (χ3n) is 2.65. The van der Waals surface area contributed by atoms with Gasteiger partial charge in [-0.3, -0.25) is 9.48 Å². The lowest BCUT2D eigenvalue weighted by Crippen LogP contribution is -2.41. The van der Waals surface area contributed by atoms with Crippen LogP contribution in [0.25, 0.3) is 0 Å². The average molecular weight is 288 g/mol. The molecular weight excluding hydrogens is 274 g/mol. The van der Waals surface area contributed by atoms with E-state index in [2.05, 4.69) is 21.0 Å². The fourth-order valence-corrected chi connectivity index (χ4v) is 2.29. The molecule has 2 heterocycles. The molecule has 1 aliphatic heterocycles. The van der Waals surface area contributed by atoms with Crippen molar-refractivity contribution in [3.63, 3.8) is 0 Å². The van der Waals surface area contributed by atoms with Gasteiger partial charge in [0.15, 0.2) is 0 Å². The van der Waals surface area contributed by atoms with E-state index in [0.717, 1.165) is 10.2 Å². The number of ether oxygens (including phenoxy) is 1. The van der Waals surface area contributed by atoms with Crippen molar-refractivity contribution in [2.45, 2.75) is 6.92 Å². The summed E-state index contributed by atoms with van der Waals surface area (Å²) < 4.78 is 7.63. The van der Waals surface area contributed by atoms with Crippen LogP contribution in [0.2, 0.25) is 0 Å². The molecule has 1 saturated heterocycles. The summed E-state index contributed by atoms with van der Waals surface area (Å²) in [6, 6.07) is 0. The first kappa shape index (κ1) is 11.6. The lowest BCUT2D eigenvalue weighted by molar-refractivity contribution is 0.0295. The Bertz CT molecular complexity index is 410.